The fourth-order valence-electron chi connectivity index (χ4n) is 4.34. The van der Waals surface area contributed by atoms with Crippen LogP contribution in [0.5, 0.6) is 0 Å². The predicted octanol–water partition coefficient (Wildman–Crippen LogP) is 5.55. The molecule has 1 rings (SSSR count). The standard InChI is InChI=1S/C20H41NO/c1-6-9-18(20(7-2)22-5)11-8-10-17-12-14-19(15-13-17)21-16(3)4/h16-21H,6-15H2,1-5H3. The van der Waals surface area contributed by atoms with E-state index in [1.165, 1.54) is 57.8 Å². The molecule has 0 spiro atoms. The van der Waals surface area contributed by atoms with Gasteiger partial charge in [-0.25, -0.2) is 0 Å². The Balaban J connectivity index is 2.23. The molecule has 132 valence electrons. The van der Waals surface area contributed by atoms with Gasteiger partial charge in [0.2, 0.25) is 0 Å². The highest BCUT2D eigenvalue weighted by atomic mass is 16.5. The van der Waals surface area contributed by atoms with Crippen LogP contribution < -0.4 is 5.32 Å². The van der Waals surface area contributed by atoms with Gasteiger partial charge >= 0.3 is 0 Å². The van der Waals surface area contributed by atoms with Gasteiger partial charge in [0.05, 0.1) is 6.10 Å². The van der Waals surface area contributed by atoms with Crippen LogP contribution in [-0.4, -0.2) is 25.3 Å². The normalized spacial score (nSPS) is 25.4. The lowest BCUT2D eigenvalue weighted by atomic mass is 9.81. The van der Waals surface area contributed by atoms with Crippen molar-refractivity contribution in [1.29, 1.82) is 0 Å². The van der Waals surface area contributed by atoms with E-state index in [0.717, 1.165) is 24.3 Å². The maximum atomic E-state index is 5.70. The molecule has 22 heavy (non-hydrogen) atoms. The monoisotopic (exact) mass is 311 g/mol. The highest BCUT2D eigenvalue weighted by Crippen LogP contribution is 2.30. The van der Waals surface area contributed by atoms with Crippen LogP contribution in [0.25, 0.3) is 0 Å². The van der Waals surface area contributed by atoms with Gasteiger partial charge in [0, 0.05) is 19.2 Å². The minimum atomic E-state index is 0.478. The Morgan fingerprint density at radius 3 is 2.23 bits per heavy atom. The third kappa shape index (κ3) is 7.46. The van der Waals surface area contributed by atoms with Crippen molar-refractivity contribution in [2.75, 3.05) is 7.11 Å². The molecule has 0 heterocycles. The molecule has 1 aliphatic rings. The minimum Gasteiger partial charge on any atom is -0.381 e. The second kappa shape index (κ2) is 11.5. The lowest BCUT2D eigenvalue weighted by molar-refractivity contribution is 0.0400. The SMILES string of the molecule is CCCC(CCCC1CCC(NC(C)C)CC1)C(CC)OC. The topological polar surface area (TPSA) is 21.3 Å². The van der Waals surface area contributed by atoms with Crippen molar-refractivity contribution < 1.29 is 4.74 Å². The zero-order chi connectivity index (χ0) is 16.4. The second-order valence-electron chi connectivity index (χ2n) is 7.70. The van der Waals surface area contributed by atoms with E-state index in [1.807, 2.05) is 7.11 Å². The molecule has 1 aliphatic carbocycles. The molecule has 2 unspecified atom stereocenters. The number of rotatable bonds is 11. The molecular formula is C20H41NO. The van der Waals surface area contributed by atoms with Crippen LogP contribution in [0.3, 0.4) is 0 Å². The Bertz CT molecular complexity index is 254. The number of hydrogen-bond acceptors (Lipinski definition) is 2. The van der Waals surface area contributed by atoms with Crippen LogP contribution in [-0.2, 0) is 4.74 Å². The number of methoxy groups -OCH3 is 1. The molecule has 1 saturated carbocycles. The van der Waals surface area contributed by atoms with E-state index in [0.29, 0.717) is 12.1 Å². The van der Waals surface area contributed by atoms with E-state index in [2.05, 4.69) is 33.0 Å². The van der Waals surface area contributed by atoms with E-state index in [1.54, 1.807) is 0 Å². The summed E-state index contributed by atoms with van der Waals surface area (Å²) in [7, 11) is 1.89. The van der Waals surface area contributed by atoms with Crippen LogP contribution in [0.1, 0.15) is 91.9 Å². The predicted molar refractivity (Wildman–Crippen MR) is 97.4 cm³/mol. The van der Waals surface area contributed by atoms with E-state index >= 15 is 0 Å². The molecular weight excluding hydrogens is 270 g/mol. The number of nitrogens with one attached hydrogen (secondary N) is 1. The first-order valence-electron chi connectivity index (χ1n) is 9.89. The summed E-state index contributed by atoms with van der Waals surface area (Å²) in [4.78, 5) is 0. The first-order valence-corrected chi connectivity index (χ1v) is 9.89. The maximum absolute atomic E-state index is 5.70. The van der Waals surface area contributed by atoms with Gasteiger partial charge in [0.15, 0.2) is 0 Å². The number of ether oxygens (including phenoxy) is 1. The summed E-state index contributed by atoms with van der Waals surface area (Å²) < 4.78 is 5.70. The van der Waals surface area contributed by atoms with Gasteiger partial charge in [-0.15, -0.1) is 0 Å². The summed E-state index contributed by atoms with van der Waals surface area (Å²) in [5, 5.41) is 3.71. The van der Waals surface area contributed by atoms with Gasteiger partial charge in [0.1, 0.15) is 0 Å². The van der Waals surface area contributed by atoms with Crippen molar-refractivity contribution in [3.63, 3.8) is 0 Å². The van der Waals surface area contributed by atoms with Crippen molar-refractivity contribution in [3.8, 4) is 0 Å². The van der Waals surface area contributed by atoms with Gasteiger partial charge in [-0.1, -0.05) is 47.0 Å². The highest BCUT2D eigenvalue weighted by Gasteiger charge is 2.23. The summed E-state index contributed by atoms with van der Waals surface area (Å²) in [5.74, 6) is 1.76. The van der Waals surface area contributed by atoms with E-state index < -0.39 is 0 Å². The average molecular weight is 312 g/mol. The van der Waals surface area contributed by atoms with Crippen LogP contribution in [0, 0.1) is 11.8 Å². The summed E-state index contributed by atoms with van der Waals surface area (Å²) in [6.45, 7) is 9.10. The molecule has 2 atom stereocenters. The molecule has 2 nitrogen and oxygen atoms in total. The zero-order valence-corrected chi connectivity index (χ0v) is 15.9. The van der Waals surface area contributed by atoms with Gasteiger partial charge in [-0.3, -0.25) is 0 Å². The fourth-order valence-corrected chi connectivity index (χ4v) is 4.34. The van der Waals surface area contributed by atoms with Gasteiger partial charge in [-0.2, -0.15) is 0 Å². The molecule has 0 aromatic heterocycles. The quantitative estimate of drug-likeness (QED) is 0.540. The molecule has 0 aliphatic heterocycles. The Kier molecular flexibility index (Phi) is 10.4. The van der Waals surface area contributed by atoms with Crippen molar-refractivity contribution in [1.82, 2.24) is 5.32 Å². The van der Waals surface area contributed by atoms with Crippen molar-refractivity contribution >= 4 is 0 Å². The summed E-state index contributed by atoms with van der Waals surface area (Å²) in [6, 6.07) is 1.42. The second-order valence-corrected chi connectivity index (χ2v) is 7.70. The third-order valence-corrected chi connectivity index (χ3v) is 5.49. The lowest BCUT2D eigenvalue weighted by Crippen LogP contribution is -2.37. The van der Waals surface area contributed by atoms with E-state index in [4.69, 9.17) is 4.74 Å². The first-order chi connectivity index (χ1) is 10.6. The average Bonchev–Trinajstić information content (AvgIpc) is 2.49. The largest absolute Gasteiger partial charge is 0.381 e. The fraction of sp³-hybridized carbons (Fsp3) is 1.00. The van der Waals surface area contributed by atoms with Gasteiger partial charge < -0.3 is 10.1 Å². The zero-order valence-electron chi connectivity index (χ0n) is 15.9. The van der Waals surface area contributed by atoms with E-state index in [-0.39, 0.29) is 0 Å². The Hall–Kier alpha value is -0.0800. The summed E-state index contributed by atoms with van der Waals surface area (Å²) in [6.07, 6.45) is 14.1. The molecule has 0 bridgehead atoms. The summed E-state index contributed by atoms with van der Waals surface area (Å²) >= 11 is 0. The smallest absolute Gasteiger partial charge is 0.0596 e. The maximum Gasteiger partial charge on any atom is 0.0596 e. The molecule has 0 radical (unpaired) electrons. The molecule has 0 aromatic carbocycles. The molecule has 0 amide bonds. The van der Waals surface area contributed by atoms with Crippen LogP contribution in [0.15, 0.2) is 0 Å². The van der Waals surface area contributed by atoms with Gasteiger partial charge in [-0.05, 0) is 56.8 Å². The Labute approximate surface area is 139 Å². The number of hydrogen-bond donors (Lipinski definition) is 1. The van der Waals surface area contributed by atoms with Crippen molar-refractivity contribution in [2.45, 2.75) is 110 Å². The van der Waals surface area contributed by atoms with Gasteiger partial charge in [0.25, 0.3) is 0 Å². The van der Waals surface area contributed by atoms with E-state index in [9.17, 15) is 0 Å². The first kappa shape index (κ1) is 20.0. The van der Waals surface area contributed by atoms with Crippen LogP contribution in [0.2, 0.25) is 0 Å². The molecule has 2 heteroatoms. The van der Waals surface area contributed by atoms with Crippen molar-refractivity contribution in [2.24, 2.45) is 11.8 Å². The lowest BCUT2D eigenvalue weighted by Gasteiger charge is -2.31. The van der Waals surface area contributed by atoms with Crippen LogP contribution in [0.4, 0.5) is 0 Å². The highest BCUT2D eigenvalue weighted by molar-refractivity contribution is 4.79. The Morgan fingerprint density at radius 1 is 1.05 bits per heavy atom. The Morgan fingerprint density at radius 2 is 1.73 bits per heavy atom. The minimum absolute atomic E-state index is 0.478. The molecule has 1 N–H and O–H groups in total. The molecule has 0 aromatic rings. The molecule has 0 saturated heterocycles. The summed E-state index contributed by atoms with van der Waals surface area (Å²) in [5.41, 5.74) is 0. The molecule has 1 fully saturated rings. The van der Waals surface area contributed by atoms with Crippen molar-refractivity contribution in [3.05, 3.63) is 0 Å². The third-order valence-electron chi connectivity index (χ3n) is 5.49. The van der Waals surface area contributed by atoms with Crippen LogP contribution >= 0.6 is 0 Å².